The second-order valence-electron chi connectivity index (χ2n) is 4.86. The van der Waals surface area contributed by atoms with Crippen LogP contribution < -0.4 is 10.6 Å². The minimum Gasteiger partial charge on any atom is -0.322 e. The minimum absolute atomic E-state index is 0.0580. The molecule has 1 fully saturated rings. The fourth-order valence-electron chi connectivity index (χ4n) is 2.37. The quantitative estimate of drug-likeness (QED) is 0.853. The predicted molar refractivity (Wildman–Crippen MR) is 71.5 cm³/mol. The molecule has 2 rings (SSSR count). The number of hydrogen-bond acceptors (Lipinski definition) is 3. The monoisotopic (exact) mass is 250 g/mol. The van der Waals surface area contributed by atoms with Crippen molar-refractivity contribution in [1.29, 1.82) is 0 Å². The van der Waals surface area contributed by atoms with Crippen molar-refractivity contribution < 1.29 is 4.79 Å². The number of anilines is 1. The van der Waals surface area contributed by atoms with Gasteiger partial charge in [-0.15, -0.1) is 0 Å². The van der Waals surface area contributed by atoms with Gasteiger partial charge in [-0.2, -0.15) is 5.10 Å². The number of hydrogen-bond donors (Lipinski definition) is 2. The first kappa shape index (κ1) is 13.1. The zero-order chi connectivity index (χ0) is 13.0. The highest BCUT2D eigenvalue weighted by molar-refractivity contribution is 5.95. The molecule has 1 aliphatic rings. The summed E-state index contributed by atoms with van der Waals surface area (Å²) in [6.45, 7) is 2.98. The number of carbonyl (C=O) groups is 1. The fraction of sp³-hybridized carbons (Fsp3) is 0.692. The standard InChI is InChI=1S/C13H22N4O/c1-3-10-12(9-17(2)16-10)15-13(18)11-7-5-4-6-8-14-11/h9,11,14H,3-8H2,1-2H3,(H,15,18). The molecule has 2 heterocycles. The maximum Gasteiger partial charge on any atom is 0.241 e. The van der Waals surface area contributed by atoms with Crippen LogP contribution in [0.4, 0.5) is 5.69 Å². The van der Waals surface area contributed by atoms with Crippen molar-refractivity contribution in [1.82, 2.24) is 15.1 Å². The van der Waals surface area contributed by atoms with Gasteiger partial charge in [-0.3, -0.25) is 9.48 Å². The Hall–Kier alpha value is -1.36. The van der Waals surface area contributed by atoms with E-state index in [1.807, 2.05) is 20.2 Å². The van der Waals surface area contributed by atoms with Crippen LogP contribution >= 0.6 is 0 Å². The average molecular weight is 250 g/mol. The van der Waals surface area contributed by atoms with Crippen LogP contribution in [0.1, 0.15) is 38.3 Å². The highest BCUT2D eigenvalue weighted by Gasteiger charge is 2.20. The predicted octanol–water partition coefficient (Wildman–Crippen LogP) is 1.45. The van der Waals surface area contributed by atoms with Gasteiger partial charge in [0.2, 0.25) is 5.91 Å². The van der Waals surface area contributed by atoms with Crippen LogP contribution in [-0.4, -0.2) is 28.3 Å². The fourth-order valence-corrected chi connectivity index (χ4v) is 2.37. The first-order valence-electron chi connectivity index (χ1n) is 6.77. The molecule has 1 atom stereocenters. The zero-order valence-corrected chi connectivity index (χ0v) is 11.2. The number of nitrogens with zero attached hydrogens (tertiary/aromatic N) is 2. The molecule has 100 valence electrons. The van der Waals surface area contributed by atoms with Crippen LogP contribution in [0.15, 0.2) is 6.20 Å². The molecule has 0 radical (unpaired) electrons. The van der Waals surface area contributed by atoms with Gasteiger partial charge in [0.05, 0.1) is 17.4 Å². The molecule has 1 unspecified atom stereocenters. The molecule has 0 aliphatic carbocycles. The highest BCUT2D eigenvalue weighted by Crippen LogP contribution is 2.15. The van der Waals surface area contributed by atoms with E-state index in [2.05, 4.69) is 15.7 Å². The van der Waals surface area contributed by atoms with E-state index in [4.69, 9.17) is 0 Å². The third-order valence-corrected chi connectivity index (χ3v) is 3.37. The van der Waals surface area contributed by atoms with E-state index in [0.29, 0.717) is 0 Å². The molecule has 1 saturated heterocycles. The molecule has 0 saturated carbocycles. The molecule has 5 nitrogen and oxygen atoms in total. The van der Waals surface area contributed by atoms with Crippen LogP contribution in [0.5, 0.6) is 0 Å². The van der Waals surface area contributed by atoms with Crippen molar-refractivity contribution in [2.75, 3.05) is 11.9 Å². The van der Waals surface area contributed by atoms with Crippen LogP contribution in [0.2, 0.25) is 0 Å². The number of aromatic nitrogens is 2. The van der Waals surface area contributed by atoms with Gasteiger partial charge in [0, 0.05) is 13.2 Å². The topological polar surface area (TPSA) is 59.0 Å². The van der Waals surface area contributed by atoms with Gasteiger partial charge in [0.15, 0.2) is 0 Å². The van der Waals surface area contributed by atoms with Gasteiger partial charge in [0.1, 0.15) is 0 Å². The molecular weight excluding hydrogens is 228 g/mol. The van der Waals surface area contributed by atoms with Crippen LogP contribution in [0.3, 0.4) is 0 Å². The molecular formula is C13H22N4O. The Morgan fingerprint density at radius 3 is 3.17 bits per heavy atom. The van der Waals surface area contributed by atoms with Gasteiger partial charge < -0.3 is 10.6 Å². The molecule has 1 aromatic rings. The van der Waals surface area contributed by atoms with Crippen molar-refractivity contribution in [2.24, 2.45) is 7.05 Å². The summed E-state index contributed by atoms with van der Waals surface area (Å²) in [6.07, 6.45) is 7.12. The number of aryl methyl sites for hydroxylation is 2. The largest absolute Gasteiger partial charge is 0.322 e. The molecule has 18 heavy (non-hydrogen) atoms. The van der Waals surface area contributed by atoms with Gasteiger partial charge in [-0.05, 0) is 25.8 Å². The molecule has 0 aromatic carbocycles. The van der Waals surface area contributed by atoms with Crippen molar-refractivity contribution in [3.63, 3.8) is 0 Å². The Labute approximate surface area is 108 Å². The number of carbonyl (C=O) groups excluding carboxylic acids is 1. The lowest BCUT2D eigenvalue weighted by molar-refractivity contribution is -0.118. The normalized spacial score (nSPS) is 20.4. The number of rotatable bonds is 3. The van der Waals surface area contributed by atoms with Gasteiger partial charge in [-0.1, -0.05) is 19.8 Å². The van der Waals surface area contributed by atoms with E-state index >= 15 is 0 Å². The summed E-state index contributed by atoms with van der Waals surface area (Å²) in [5, 5.41) is 10.6. The van der Waals surface area contributed by atoms with E-state index in [-0.39, 0.29) is 11.9 Å². The van der Waals surface area contributed by atoms with Gasteiger partial charge >= 0.3 is 0 Å². The maximum absolute atomic E-state index is 12.2. The molecule has 0 spiro atoms. The Balaban J connectivity index is 2.01. The summed E-state index contributed by atoms with van der Waals surface area (Å²) in [7, 11) is 1.87. The Morgan fingerprint density at radius 2 is 2.39 bits per heavy atom. The lowest BCUT2D eigenvalue weighted by Crippen LogP contribution is -2.39. The van der Waals surface area contributed by atoms with Crippen LogP contribution in [0, 0.1) is 0 Å². The van der Waals surface area contributed by atoms with E-state index < -0.39 is 0 Å². The summed E-state index contributed by atoms with van der Waals surface area (Å²) in [4.78, 5) is 12.2. The lowest BCUT2D eigenvalue weighted by atomic mass is 10.1. The number of amides is 1. The van der Waals surface area contributed by atoms with Gasteiger partial charge in [-0.25, -0.2) is 0 Å². The van der Waals surface area contributed by atoms with E-state index in [1.165, 1.54) is 6.42 Å². The second-order valence-corrected chi connectivity index (χ2v) is 4.86. The molecule has 0 bridgehead atoms. The first-order valence-corrected chi connectivity index (χ1v) is 6.77. The van der Waals surface area contributed by atoms with E-state index in [0.717, 1.165) is 43.6 Å². The second kappa shape index (κ2) is 6.00. The third-order valence-electron chi connectivity index (χ3n) is 3.37. The average Bonchev–Trinajstić information content (AvgIpc) is 2.58. The molecule has 2 N–H and O–H groups in total. The summed E-state index contributed by atoms with van der Waals surface area (Å²) < 4.78 is 1.75. The molecule has 1 amide bonds. The van der Waals surface area contributed by atoms with Crippen LogP contribution in [0.25, 0.3) is 0 Å². The Kier molecular flexibility index (Phi) is 4.36. The van der Waals surface area contributed by atoms with E-state index in [1.54, 1.807) is 4.68 Å². The summed E-state index contributed by atoms with van der Waals surface area (Å²) in [6, 6.07) is -0.0580. The SMILES string of the molecule is CCc1nn(C)cc1NC(=O)C1CCCCCN1. The van der Waals surface area contributed by atoms with Gasteiger partial charge in [0.25, 0.3) is 0 Å². The zero-order valence-electron chi connectivity index (χ0n) is 11.2. The minimum atomic E-state index is -0.0580. The van der Waals surface area contributed by atoms with E-state index in [9.17, 15) is 4.79 Å². The molecule has 5 heteroatoms. The Morgan fingerprint density at radius 1 is 1.56 bits per heavy atom. The lowest BCUT2D eigenvalue weighted by Gasteiger charge is -2.15. The summed E-state index contributed by atoms with van der Waals surface area (Å²) >= 11 is 0. The maximum atomic E-state index is 12.2. The molecule has 1 aliphatic heterocycles. The summed E-state index contributed by atoms with van der Waals surface area (Å²) in [5.74, 6) is 0.0691. The van der Waals surface area contributed by atoms with Crippen molar-refractivity contribution in [2.45, 2.75) is 45.1 Å². The van der Waals surface area contributed by atoms with Crippen LogP contribution in [-0.2, 0) is 18.3 Å². The van der Waals surface area contributed by atoms with Crippen molar-refractivity contribution in [3.05, 3.63) is 11.9 Å². The highest BCUT2D eigenvalue weighted by atomic mass is 16.2. The number of nitrogens with one attached hydrogen (secondary N) is 2. The Bertz CT molecular complexity index is 405. The van der Waals surface area contributed by atoms with Crippen molar-refractivity contribution in [3.8, 4) is 0 Å². The first-order chi connectivity index (χ1) is 8.70. The van der Waals surface area contributed by atoms with Crippen molar-refractivity contribution >= 4 is 11.6 Å². The molecule has 1 aromatic heterocycles. The summed E-state index contributed by atoms with van der Waals surface area (Å²) in [5.41, 5.74) is 1.79. The smallest absolute Gasteiger partial charge is 0.241 e. The third kappa shape index (κ3) is 3.10.